The number of carbonyl (C=O) groups is 1. The van der Waals surface area contributed by atoms with Gasteiger partial charge in [0.25, 0.3) is 0 Å². The van der Waals surface area contributed by atoms with Gasteiger partial charge in [0.15, 0.2) is 0 Å². The second-order valence-corrected chi connectivity index (χ2v) is 8.04. The molecule has 6 nitrogen and oxygen atoms in total. The van der Waals surface area contributed by atoms with Gasteiger partial charge in [0, 0.05) is 49.6 Å². The van der Waals surface area contributed by atoms with Crippen molar-refractivity contribution in [3.8, 4) is 5.75 Å². The Bertz CT molecular complexity index is 826. The Labute approximate surface area is 164 Å². The van der Waals surface area contributed by atoms with Crippen LogP contribution in [0.4, 0.5) is 4.39 Å². The number of amides is 1. The molecular weight excluding hydrogens is 359 g/mol. The molecule has 1 spiro atoms. The van der Waals surface area contributed by atoms with Crippen LogP contribution >= 0.6 is 0 Å². The number of rotatable bonds is 5. The monoisotopic (exact) mass is 386 g/mol. The third-order valence-electron chi connectivity index (χ3n) is 6.03. The van der Waals surface area contributed by atoms with Crippen molar-refractivity contribution in [3.05, 3.63) is 48.0 Å². The first kappa shape index (κ1) is 18.9. The van der Waals surface area contributed by atoms with Crippen molar-refractivity contribution in [2.75, 3.05) is 33.3 Å². The highest BCUT2D eigenvalue weighted by Gasteiger charge is 2.42. The van der Waals surface area contributed by atoms with E-state index < -0.39 is 0 Å². The van der Waals surface area contributed by atoms with Crippen molar-refractivity contribution in [1.29, 1.82) is 0 Å². The Morgan fingerprint density at radius 2 is 2.18 bits per heavy atom. The summed E-state index contributed by atoms with van der Waals surface area (Å²) in [4.78, 5) is 16.9. The maximum atomic E-state index is 14.2. The summed E-state index contributed by atoms with van der Waals surface area (Å²) < 4.78 is 21.1. The molecule has 150 valence electrons. The summed E-state index contributed by atoms with van der Waals surface area (Å²) in [5.74, 6) is 0.610. The lowest BCUT2D eigenvalue weighted by Crippen LogP contribution is -2.45. The van der Waals surface area contributed by atoms with Crippen molar-refractivity contribution >= 4 is 5.91 Å². The summed E-state index contributed by atoms with van der Waals surface area (Å²) in [5, 5.41) is 4.13. The maximum Gasteiger partial charge on any atom is 0.244 e. The van der Waals surface area contributed by atoms with E-state index >= 15 is 0 Å². The fraction of sp³-hybridized carbons (Fsp3) is 0.524. The minimum atomic E-state index is -0.192. The standard InChI is InChI=1S/C21H27FN4O2/c1-28-18-4-5-19(22)17(12-18)13-24-9-2-6-21(15-24)7-11-25(16-21)20(27)14-26-10-3-8-23-26/h3-5,8,10,12H,2,6-7,9,11,13-16H2,1H3/t21-/m1/s1. The van der Waals surface area contributed by atoms with Crippen molar-refractivity contribution < 1.29 is 13.9 Å². The van der Waals surface area contributed by atoms with Crippen LogP contribution in [0.2, 0.25) is 0 Å². The fourth-order valence-electron chi connectivity index (χ4n) is 4.60. The molecule has 2 aromatic rings. The summed E-state index contributed by atoms with van der Waals surface area (Å²) in [6.07, 6.45) is 6.71. The first-order chi connectivity index (χ1) is 13.6. The van der Waals surface area contributed by atoms with Gasteiger partial charge in [-0.15, -0.1) is 0 Å². The first-order valence-corrected chi connectivity index (χ1v) is 9.87. The fourth-order valence-corrected chi connectivity index (χ4v) is 4.60. The van der Waals surface area contributed by atoms with E-state index in [0.29, 0.717) is 24.4 Å². The van der Waals surface area contributed by atoms with Crippen LogP contribution < -0.4 is 4.74 Å². The zero-order valence-corrected chi connectivity index (χ0v) is 16.3. The van der Waals surface area contributed by atoms with Crippen molar-refractivity contribution in [3.63, 3.8) is 0 Å². The zero-order chi connectivity index (χ0) is 19.6. The van der Waals surface area contributed by atoms with Gasteiger partial charge in [0.1, 0.15) is 18.1 Å². The van der Waals surface area contributed by atoms with Crippen LogP contribution in [0.3, 0.4) is 0 Å². The van der Waals surface area contributed by atoms with Gasteiger partial charge in [-0.1, -0.05) is 0 Å². The number of aromatic nitrogens is 2. The first-order valence-electron chi connectivity index (χ1n) is 9.87. The molecule has 0 bridgehead atoms. The van der Waals surface area contributed by atoms with E-state index in [0.717, 1.165) is 45.4 Å². The number of hydrogen-bond donors (Lipinski definition) is 0. The highest BCUT2D eigenvalue weighted by Crippen LogP contribution is 2.39. The topological polar surface area (TPSA) is 50.6 Å². The zero-order valence-electron chi connectivity index (χ0n) is 16.3. The van der Waals surface area contributed by atoms with Gasteiger partial charge in [-0.25, -0.2) is 4.39 Å². The van der Waals surface area contributed by atoms with Gasteiger partial charge < -0.3 is 9.64 Å². The Balaban J connectivity index is 1.39. The molecule has 3 heterocycles. The molecule has 0 aliphatic carbocycles. The van der Waals surface area contributed by atoms with E-state index in [-0.39, 0.29) is 17.1 Å². The number of piperidine rings is 1. The number of benzene rings is 1. The normalized spacial score (nSPS) is 22.7. The molecule has 2 fully saturated rings. The molecular formula is C21H27FN4O2. The lowest BCUT2D eigenvalue weighted by Gasteiger charge is -2.40. The number of carbonyl (C=O) groups excluding carboxylic acids is 1. The van der Waals surface area contributed by atoms with Crippen LogP contribution in [-0.4, -0.2) is 58.8 Å². The molecule has 0 saturated carbocycles. The van der Waals surface area contributed by atoms with Crippen LogP contribution in [0.1, 0.15) is 24.8 Å². The Morgan fingerprint density at radius 1 is 1.29 bits per heavy atom. The van der Waals surface area contributed by atoms with Crippen molar-refractivity contribution in [2.45, 2.75) is 32.4 Å². The predicted octanol–water partition coefficient (Wildman–Crippen LogP) is 2.55. The average Bonchev–Trinajstić information content (AvgIpc) is 3.34. The molecule has 7 heteroatoms. The quantitative estimate of drug-likeness (QED) is 0.793. The second kappa shape index (κ2) is 7.91. The van der Waals surface area contributed by atoms with Gasteiger partial charge in [-0.05, 0) is 50.1 Å². The van der Waals surface area contributed by atoms with Gasteiger partial charge in [0.2, 0.25) is 5.91 Å². The molecule has 2 aliphatic rings. The van der Waals surface area contributed by atoms with Gasteiger partial charge >= 0.3 is 0 Å². The summed E-state index contributed by atoms with van der Waals surface area (Å²) in [6, 6.07) is 6.73. The van der Waals surface area contributed by atoms with E-state index in [4.69, 9.17) is 4.74 Å². The number of likely N-dealkylation sites (tertiary alicyclic amines) is 2. The van der Waals surface area contributed by atoms with Crippen LogP contribution in [0, 0.1) is 11.2 Å². The van der Waals surface area contributed by atoms with Crippen molar-refractivity contribution in [2.24, 2.45) is 5.41 Å². The Hall–Kier alpha value is -2.41. The highest BCUT2D eigenvalue weighted by molar-refractivity contribution is 5.76. The smallest absolute Gasteiger partial charge is 0.244 e. The van der Waals surface area contributed by atoms with Crippen LogP contribution in [-0.2, 0) is 17.9 Å². The van der Waals surface area contributed by atoms with E-state index in [1.165, 1.54) is 6.07 Å². The molecule has 0 N–H and O–H groups in total. The van der Waals surface area contributed by atoms with Gasteiger partial charge in [-0.3, -0.25) is 14.4 Å². The molecule has 1 aromatic heterocycles. The molecule has 0 radical (unpaired) electrons. The molecule has 1 amide bonds. The highest BCUT2D eigenvalue weighted by atomic mass is 19.1. The molecule has 4 rings (SSSR count). The third kappa shape index (κ3) is 4.04. The van der Waals surface area contributed by atoms with Crippen molar-refractivity contribution in [1.82, 2.24) is 19.6 Å². The van der Waals surface area contributed by atoms with Gasteiger partial charge in [0.05, 0.1) is 7.11 Å². The molecule has 1 atom stereocenters. The number of nitrogens with zero attached hydrogens (tertiary/aromatic N) is 4. The molecule has 2 saturated heterocycles. The van der Waals surface area contributed by atoms with Crippen LogP contribution in [0.15, 0.2) is 36.7 Å². The van der Waals surface area contributed by atoms with Crippen LogP contribution in [0.25, 0.3) is 0 Å². The second-order valence-electron chi connectivity index (χ2n) is 8.04. The SMILES string of the molecule is COc1ccc(F)c(CN2CCC[C@@]3(CCN(C(=O)Cn4cccn4)C3)C2)c1. The summed E-state index contributed by atoms with van der Waals surface area (Å²) >= 11 is 0. The summed E-state index contributed by atoms with van der Waals surface area (Å²) in [6.45, 7) is 4.30. The third-order valence-corrected chi connectivity index (χ3v) is 6.03. The predicted molar refractivity (Wildman–Crippen MR) is 103 cm³/mol. The largest absolute Gasteiger partial charge is 0.497 e. The van der Waals surface area contributed by atoms with E-state index in [1.807, 2.05) is 17.2 Å². The molecule has 2 aliphatic heterocycles. The van der Waals surface area contributed by atoms with Gasteiger partial charge in [-0.2, -0.15) is 5.10 Å². The molecule has 28 heavy (non-hydrogen) atoms. The Morgan fingerprint density at radius 3 is 2.96 bits per heavy atom. The molecule has 1 aromatic carbocycles. The molecule has 0 unspecified atom stereocenters. The van der Waals surface area contributed by atoms with Crippen LogP contribution in [0.5, 0.6) is 5.75 Å². The number of ether oxygens (including phenoxy) is 1. The minimum absolute atomic E-state index is 0.118. The van der Waals surface area contributed by atoms with E-state index in [2.05, 4.69) is 10.00 Å². The number of hydrogen-bond acceptors (Lipinski definition) is 4. The van der Waals surface area contributed by atoms with E-state index in [1.54, 1.807) is 30.1 Å². The summed E-state index contributed by atoms with van der Waals surface area (Å²) in [7, 11) is 1.60. The lowest BCUT2D eigenvalue weighted by atomic mass is 9.79. The summed E-state index contributed by atoms with van der Waals surface area (Å²) in [5.41, 5.74) is 0.786. The lowest BCUT2D eigenvalue weighted by molar-refractivity contribution is -0.131. The Kier molecular flexibility index (Phi) is 5.35. The average molecular weight is 386 g/mol. The minimum Gasteiger partial charge on any atom is -0.497 e. The number of methoxy groups -OCH3 is 1. The maximum absolute atomic E-state index is 14.2. The van der Waals surface area contributed by atoms with E-state index in [9.17, 15) is 9.18 Å². The number of halogens is 1.